The van der Waals surface area contributed by atoms with Gasteiger partial charge in [0.2, 0.25) is 11.8 Å². The predicted molar refractivity (Wildman–Crippen MR) is 98.0 cm³/mol. The second kappa shape index (κ2) is 8.31. The van der Waals surface area contributed by atoms with E-state index in [-0.39, 0.29) is 16.6 Å². The van der Waals surface area contributed by atoms with Gasteiger partial charge < -0.3 is 15.0 Å². The average molecular weight is 384 g/mol. The van der Waals surface area contributed by atoms with Crippen LogP contribution >= 0.6 is 11.6 Å². The summed E-state index contributed by atoms with van der Waals surface area (Å²) in [5.41, 5.74) is 1.52. The maximum absolute atomic E-state index is 14.0. The van der Waals surface area contributed by atoms with E-state index in [1.165, 1.54) is 14.2 Å². The maximum atomic E-state index is 14.0. The lowest BCUT2D eigenvalue weighted by molar-refractivity contribution is -0.118. The molecule has 5 nitrogen and oxygen atoms in total. The highest BCUT2D eigenvalue weighted by Gasteiger charge is 2.31. The van der Waals surface area contributed by atoms with Gasteiger partial charge in [-0.25, -0.2) is 13.8 Å². The Morgan fingerprint density at radius 3 is 2.65 bits per heavy atom. The minimum atomic E-state index is -0.872. The van der Waals surface area contributed by atoms with Crippen molar-refractivity contribution in [2.45, 2.75) is 26.3 Å². The molecule has 0 aliphatic carbocycles. The molecule has 8 heteroatoms. The molecule has 26 heavy (non-hydrogen) atoms. The number of hydrogen-bond donors (Lipinski definition) is 1. The van der Waals surface area contributed by atoms with E-state index in [2.05, 4.69) is 10.3 Å². The smallest absolute Gasteiger partial charge is 0.249 e. The van der Waals surface area contributed by atoms with E-state index in [1.54, 1.807) is 12.3 Å². The lowest BCUT2D eigenvalue weighted by Crippen LogP contribution is -2.40. The molecule has 0 saturated heterocycles. The van der Waals surface area contributed by atoms with Crippen molar-refractivity contribution in [1.29, 1.82) is 0 Å². The highest BCUT2D eigenvalue weighted by atomic mass is 35.5. The summed E-state index contributed by atoms with van der Waals surface area (Å²) in [7, 11) is 2.92. The summed E-state index contributed by atoms with van der Waals surface area (Å²) in [6.45, 7) is 4.00. The molecule has 1 aromatic heterocycles. The first-order valence-corrected chi connectivity index (χ1v) is 8.50. The fourth-order valence-corrected chi connectivity index (χ4v) is 2.76. The van der Waals surface area contributed by atoms with Crippen LogP contribution in [0.4, 0.5) is 20.2 Å². The zero-order valence-corrected chi connectivity index (χ0v) is 15.7. The van der Waals surface area contributed by atoms with Crippen molar-refractivity contribution < 1.29 is 18.3 Å². The molecule has 0 spiro atoms. The minimum absolute atomic E-state index is 0.0835. The SMILES string of the molecule is CC.COc1cc2c(cn1)CC(C(=O)N(C)c1cc(Cl)c(F)cc1F)N2. The molecule has 140 valence electrons. The number of carbonyl (C=O) groups excluding carboxylic acids is 1. The third-order valence-corrected chi connectivity index (χ3v) is 4.19. The molecule has 0 bridgehead atoms. The zero-order valence-electron chi connectivity index (χ0n) is 14.9. The van der Waals surface area contributed by atoms with Gasteiger partial charge in [-0.2, -0.15) is 0 Å². The number of likely N-dealkylation sites (N-methyl/N-ethyl adjacent to an activating group) is 1. The number of benzene rings is 1. The van der Waals surface area contributed by atoms with Gasteiger partial charge in [-0.05, 0) is 11.6 Å². The lowest BCUT2D eigenvalue weighted by atomic mass is 10.1. The van der Waals surface area contributed by atoms with Crippen molar-refractivity contribution in [3.8, 4) is 5.88 Å². The fourth-order valence-electron chi connectivity index (χ4n) is 2.60. The third kappa shape index (κ3) is 3.88. The van der Waals surface area contributed by atoms with Gasteiger partial charge in [-0.15, -0.1) is 0 Å². The van der Waals surface area contributed by atoms with Crippen molar-refractivity contribution in [1.82, 2.24) is 4.98 Å². The Bertz CT molecular complexity index is 817. The monoisotopic (exact) mass is 383 g/mol. The molecule has 0 fully saturated rings. The number of amides is 1. The van der Waals surface area contributed by atoms with E-state index >= 15 is 0 Å². The van der Waals surface area contributed by atoms with Crippen LogP contribution in [0.5, 0.6) is 5.88 Å². The van der Waals surface area contributed by atoms with Crippen LogP contribution in [0.15, 0.2) is 24.4 Å². The lowest BCUT2D eigenvalue weighted by Gasteiger charge is -2.22. The van der Waals surface area contributed by atoms with Crippen molar-refractivity contribution in [2.24, 2.45) is 0 Å². The summed E-state index contributed by atoms with van der Waals surface area (Å²) in [6, 6.07) is 2.86. The number of pyridine rings is 1. The van der Waals surface area contributed by atoms with Crippen molar-refractivity contribution in [3.63, 3.8) is 0 Å². The van der Waals surface area contributed by atoms with E-state index in [0.717, 1.165) is 22.2 Å². The van der Waals surface area contributed by atoms with Crippen LogP contribution in [-0.4, -0.2) is 31.1 Å². The van der Waals surface area contributed by atoms with Gasteiger partial charge in [0.05, 0.1) is 17.8 Å². The Morgan fingerprint density at radius 1 is 1.31 bits per heavy atom. The number of nitrogens with one attached hydrogen (secondary N) is 1. The van der Waals surface area contributed by atoms with Crippen LogP contribution in [-0.2, 0) is 11.2 Å². The molecule has 1 atom stereocenters. The Kier molecular flexibility index (Phi) is 6.37. The Morgan fingerprint density at radius 2 is 2.00 bits per heavy atom. The van der Waals surface area contributed by atoms with E-state index in [1.807, 2.05) is 13.8 Å². The molecule has 1 amide bonds. The molecule has 1 unspecified atom stereocenters. The van der Waals surface area contributed by atoms with Gasteiger partial charge in [-0.3, -0.25) is 4.79 Å². The number of aromatic nitrogens is 1. The maximum Gasteiger partial charge on any atom is 0.249 e. The van der Waals surface area contributed by atoms with Gasteiger partial charge in [0.15, 0.2) is 0 Å². The van der Waals surface area contributed by atoms with E-state index < -0.39 is 17.7 Å². The summed E-state index contributed by atoms with van der Waals surface area (Å²) in [6.07, 6.45) is 2.04. The number of ether oxygens (including phenoxy) is 1. The summed E-state index contributed by atoms with van der Waals surface area (Å²) < 4.78 is 32.3. The number of carbonyl (C=O) groups is 1. The van der Waals surface area contributed by atoms with Crippen molar-refractivity contribution in [3.05, 3.63) is 46.6 Å². The molecule has 2 heterocycles. The van der Waals surface area contributed by atoms with Crippen LogP contribution in [0.1, 0.15) is 19.4 Å². The van der Waals surface area contributed by atoms with Crippen molar-refractivity contribution >= 4 is 28.9 Å². The van der Waals surface area contributed by atoms with Gasteiger partial charge in [0, 0.05) is 37.5 Å². The normalized spacial score (nSPS) is 14.7. The van der Waals surface area contributed by atoms with E-state index in [9.17, 15) is 13.6 Å². The molecule has 3 rings (SSSR count). The Labute approximate surface area is 155 Å². The van der Waals surface area contributed by atoms with Crippen molar-refractivity contribution in [2.75, 3.05) is 24.4 Å². The fraction of sp³-hybridized carbons (Fsp3) is 0.333. The number of hydrogen-bond acceptors (Lipinski definition) is 4. The van der Waals surface area contributed by atoms with Gasteiger partial charge in [-0.1, -0.05) is 25.4 Å². The first-order valence-electron chi connectivity index (χ1n) is 8.12. The van der Waals surface area contributed by atoms with Gasteiger partial charge in [0.25, 0.3) is 0 Å². The predicted octanol–water partition coefficient (Wildman–Crippen LogP) is 4.05. The second-order valence-corrected chi connectivity index (χ2v) is 5.81. The summed E-state index contributed by atoms with van der Waals surface area (Å²) in [5.74, 6) is -1.67. The number of rotatable bonds is 3. The molecular weight excluding hydrogens is 364 g/mol. The molecule has 1 N–H and O–H groups in total. The standard InChI is InChI=1S/C16H14ClF2N3O2.C2H6/c1-22(14-4-9(17)10(18)5-11(14)19)16(23)13-3-8-7-20-15(24-2)6-12(8)21-13;1-2/h4-7,13,21H,3H2,1-2H3;1-2H3. The molecule has 1 aliphatic rings. The number of fused-ring (bicyclic) bond motifs is 1. The largest absolute Gasteiger partial charge is 0.481 e. The summed E-state index contributed by atoms with van der Waals surface area (Å²) in [5, 5.41) is 2.82. The number of halogens is 3. The highest BCUT2D eigenvalue weighted by molar-refractivity contribution is 6.31. The minimum Gasteiger partial charge on any atom is -0.481 e. The molecule has 0 radical (unpaired) electrons. The van der Waals surface area contributed by atoms with Crippen LogP contribution in [0.3, 0.4) is 0 Å². The second-order valence-electron chi connectivity index (χ2n) is 5.40. The van der Waals surface area contributed by atoms with Crippen LogP contribution < -0.4 is 15.0 Å². The molecule has 0 saturated carbocycles. The molecule has 1 aliphatic heterocycles. The molecule has 1 aromatic carbocycles. The third-order valence-electron chi connectivity index (χ3n) is 3.90. The van der Waals surface area contributed by atoms with Gasteiger partial charge >= 0.3 is 0 Å². The van der Waals surface area contributed by atoms with Gasteiger partial charge in [0.1, 0.15) is 17.7 Å². The number of anilines is 2. The number of nitrogens with zero attached hydrogens (tertiary/aromatic N) is 2. The van der Waals surface area contributed by atoms with E-state index in [4.69, 9.17) is 16.3 Å². The molecule has 2 aromatic rings. The average Bonchev–Trinajstić information content (AvgIpc) is 3.08. The van der Waals surface area contributed by atoms with Crippen LogP contribution in [0.25, 0.3) is 0 Å². The topological polar surface area (TPSA) is 54.5 Å². The summed E-state index contributed by atoms with van der Waals surface area (Å²) >= 11 is 5.68. The van der Waals surface area contributed by atoms with E-state index in [0.29, 0.717) is 18.4 Å². The zero-order chi connectivity index (χ0) is 19.4. The van der Waals surface area contributed by atoms with Crippen LogP contribution in [0, 0.1) is 11.6 Å². The Hall–Kier alpha value is -2.41. The Balaban J connectivity index is 0.00000117. The van der Waals surface area contributed by atoms with Crippen LogP contribution in [0.2, 0.25) is 5.02 Å². The first-order chi connectivity index (χ1) is 12.4. The summed E-state index contributed by atoms with van der Waals surface area (Å²) in [4.78, 5) is 17.8. The number of methoxy groups -OCH3 is 1. The first kappa shape index (κ1) is 19.9. The highest BCUT2D eigenvalue weighted by Crippen LogP contribution is 2.31. The quantitative estimate of drug-likeness (QED) is 0.812. The molecular formula is C18H20ClF2N3O2.